The second-order valence-electron chi connectivity index (χ2n) is 4.28. The zero-order valence-corrected chi connectivity index (χ0v) is 12.3. The topological polar surface area (TPSA) is 46.0 Å². The first-order valence-electron chi connectivity index (χ1n) is 5.77. The Bertz CT molecular complexity index is 843. The lowest BCUT2D eigenvalue weighted by Gasteiger charge is -2.12. The number of fused-ring (bicyclic) bond motifs is 1. The summed E-state index contributed by atoms with van der Waals surface area (Å²) in [5.74, 6) is -0.931. The second-order valence-corrected chi connectivity index (χ2v) is 5.57. The number of oxazole rings is 1. The van der Waals surface area contributed by atoms with E-state index in [0.717, 1.165) is 0 Å². The molecule has 0 spiro atoms. The van der Waals surface area contributed by atoms with Crippen LogP contribution in [0.25, 0.3) is 11.1 Å². The predicted molar refractivity (Wildman–Crippen MR) is 78.6 cm³/mol. The fourth-order valence-electron chi connectivity index (χ4n) is 2.02. The number of hydrogen-bond donors (Lipinski definition) is 1. The highest BCUT2D eigenvalue weighted by molar-refractivity contribution is 9.10. The molecule has 3 aromatic rings. The van der Waals surface area contributed by atoms with Crippen LogP contribution in [0.2, 0.25) is 0 Å². The van der Waals surface area contributed by atoms with E-state index in [9.17, 15) is 9.18 Å². The lowest BCUT2D eigenvalue weighted by molar-refractivity contribution is 0.555. The Morgan fingerprint density at radius 3 is 2.90 bits per heavy atom. The molecule has 2 aromatic carbocycles. The molecule has 1 N–H and O–H groups in total. The lowest BCUT2D eigenvalue weighted by Crippen LogP contribution is -1.97. The Morgan fingerprint density at radius 1 is 1.30 bits per heavy atom. The van der Waals surface area contributed by atoms with Crippen molar-refractivity contribution in [2.24, 2.45) is 0 Å². The van der Waals surface area contributed by atoms with Crippen molar-refractivity contribution in [2.75, 3.05) is 0 Å². The fraction of sp³-hybridized carbons (Fsp3) is 0.0714. The SMILES string of the molecule is O=c1[nH]c2ccc(C(Cl)c3cccc(Br)c3F)cc2o1. The van der Waals surface area contributed by atoms with Gasteiger partial charge >= 0.3 is 5.76 Å². The third-order valence-electron chi connectivity index (χ3n) is 2.99. The van der Waals surface area contributed by atoms with Crippen molar-refractivity contribution in [2.45, 2.75) is 5.38 Å². The van der Waals surface area contributed by atoms with E-state index in [2.05, 4.69) is 20.9 Å². The molecule has 1 aromatic heterocycles. The molecule has 0 saturated heterocycles. The van der Waals surface area contributed by atoms with E-state index in [-0.39, 0.29) is 0 Å². The van der Waals surface area contributed by atoms with Crippen LogP contribution < -0.4 is 5.76 Å². The summed E-state index contributed by atoms with van der Waals surface area (Å²) in [5, 5.41) is -0.669. The number of halogens is 3. The molecule has 20 heavy (non-hydrogen) atoms. The standard InChI is InChI=1S/C14H8BrClFNO2/c15-9-3-1-2-8(13(9)17)12(16)7-4-5-10-11(6-7)20-14(19)18-10/h1-6,12H,(H,18,19). The van der Waals surface area contributed by atoms with E-state index in [4.69, 9.17) is 16.0 Å². The van der Waals surface area contributed by atoms with Crippen molar-refractivity contribution in [3.8, 4) is 0 Å². The summed E-state index contributed by atoms with van der Waals surface area (Å²) < 4.78 is 19.4. The summed E-state index contributed by atoms with van der Waals surface area (Å²) in [6.45, 7) is 0. The van der Waals surface area contributed by atoms with Gasteiger partial charge in [0.15, 0.2) is 5.58 Å². The monoisotopic (exact) mass is 355 g/mol. The van der Waals surface area contributed by atoms with Gasteiger partial charge in [0, 0.05) is 5.56 Å². The van der Waals surface area contributed by atoms with Crippen LogP contribution in [0.5, 0.6) is 0 Å². The minimum Gasteiger partial charge on any atom is -0.408 e. The summed E-state index contributed by atoms with van der Waals surface area (Å²) in [4.78, 5) is 13.7. The fourth-order valence-corrected chi connectivity index (χ4v) is 2.70. The van der Waals surface area contributed by atoms with E-state index in [0.29, 0.717) is 26.7 Å². The van der Waals surface area contributed by atoms with Gasteiger partial charge in [-0.1, -0.05) is 18.2 Å². The highest BCUT2D eigenvalue weighted by Crippen LogP contribution is 2.34. The van der Waals surface area contributed by atoms with Crippen LogP contribution in [0, 0.1) is 5.82 Å². The van der Waals surface area contributed by atoms with E-state index >= 15 is 0 Å². The predicted octanol–water partition coefficient (Wildman–Crippen LogP) is 4.35. The second kappa shape index (κ2) is 5.07. The molecule has 0 fully saturated rings. The van der Waals surface area contributed by atoms with Gasteiger partial charge in [0.1, 0.15) is 5.82 Å². The van der Waals surface area contributed by atoms with Crippen molar-refractivity contribution < 1.29 is 8.81 Å². The molecule has 0 bridgehead atoms. The molecule has 3 nitrogen and oxygen atoms in total. The number of nitrogens with one attached hydrogen (secondary N) is 1. The molecule has 1 heterocycles. The molecule has 0 radical (unpaired) electrons. The van der Waals surface area contributed by atoms with Crippen LogP contribution in [0.1, 0.15) is 16.5 Å². The quantitative estimate of drug-likeness (QED) is 0.694. The van der Waals surface area contributed by atoms with Crippen molar-refractivity contribution >= 4 is 38.6 Å². The first-order chi connectivity index (χ1) is 9.56. The Balaban J connectivity index is 2.09. The molecule has 0 aliphatic heterocycles. The summed E-state index contributed by atoms with van der Waals surface area (Å²) in [6.07, 6.45) is 0. The van der Waals surface area contributed by atoms with Crippen LogP contribution in [0.3, 0.4) is 0 Å². The van der Waals surface area contributed by atoms with Crippen molar-refractivity contribution in [1.82, 2.24) is 4.98 Å². The average Bonchev–Trinajstić information content (AvgIpc) is 2.80. The van der Waals surface area contributed by atoms with Gasteiger partial charge in [0.05, 0.1) is 15.4 Å². The molecule has 0 aliphatic rings. The van der Waals surface area contributed by atoms with E-state index in [1.165, 1.54) is 0 Å². The lowest BCUT2D eigenvalue weighted by atomic mass is 10.0. The minimum atomic E-state index is -0.669. The van der Waals surface area contributed by atoms with E-state index < -0.39 is 17.0 Å². The summed E-state index contributed by atoms with van der Waals surface area (Å²) in [5.41, 5.74) is 1.99. The molecule has 0 saturated carbocycles. The third kappa shape index (κ3) is 2.27. The molecular formula is C14H8BrClFNO2. The van der Waals surface area contributed by atoms with Crippen LogP contribution in [0.15, 0.2) is 50.1 Å². The first kappa shape index (κ1) is 13.4. The average molecular weight is 357 g/mol. The van der Waals surface area contributed by atoms with Crippen molar-refractivity contribution in [1.29, 1.82) is 0 Å². The molecular weight excluding hydrogens is 349 g/mol. The van der Waals surface area contributed by atoms with E-state index in [1.807, 2.05) is 0 Å². The number of H-pyrrole nitrogens is 1. The molecule has 1 unspecified atom stereocenters. The maximum absolute atomic E-state index is 14.0. The molecule has 3 rings (SSSR count). The van der Waals surface area contributed by atoms with Crippen LogP contribution in [0.4, 0.5) is 4.39 Å². The Labute approximate surface area is 126 Å². The minimum absolute atomic E-state index is 0.356. The molecule has 1 atom stereocenters. The third-order valence-corrected chi connectivity index (χ3v) is 4.09. The zero-order valence-electron chi connectivity index (χ0n) is 9.99. The first-order valence-corrected chi connectivity index (χ1v) is 7.00. The maximum atomic E-state index is 14.0. The Morgan fingerprint density at radius 2 is 2.10 bits per heavy atom. The number of alkyl halides is 1. The largest absolute Gasteiger partial charge is 0.417 e. The highest BCUT2D eigenvalue weighted by Gasteiger charge is 2.18. The molecule has 102 valence electrons. The summed E-state index contributed by atoms with van der Waals surface area (Å²) in [7, 11) is 0. The number of hydrogen-bond acceptors (Lipinski definition) is 2. The van der Waals surface area contributed by atoms with Crippen LogP contribution >= 0.6 is 27.5 Å². The van der Waals surface area contributed by atoms with Crippen molar-refractivity contribution in [3.63, 3.8) is 0 Å². The summed E-state index contributed by atoms with van der Waals surface area (Å²) >= 11 is 9.46. The van der Waals surface area contributed by atoms with Gasteiger partial charge < -0.3 is 4.42 Å². The highest BCUT2D eigenvalue weighted by atomic mass is 79.9. The number of aromatic nitrogens is 1. The van der Waals surface area contributed by atoms with Gasteiger partial charge in [-0.3, -0.25) is 4.98 Å². The summed E-state index contributed by atoms with van der Waals surface area (Å²) in [6, 6.07) is 9.98. The van der Waals surface area contributed by atoms with Gasteiger partial charge in [0.2, 0.25) is 0 Å². The van der Waals surface area contributed by atoms with Crippen LogP contribution in [-0.4, -0.2) is 4.98 Å². The maximum Gasteiger partial charge on any atom is 0.417 e. The normalized spacial score (nSPS) is 12.8. The van der Waals surface area contributed by atoms with Gasteiger partial charge in [-0.2, -0.15) is 0 Å². The van der Waals surface area contributed by atoms with Crippen molar-refractivity contribution in [3.05, 3.63) is 68.4 Å². The van der Waals surface area contributed by atoms with Crippen LogP contribution in [-0.2, 0) is 0 Å². The zero-order chi connectivity index (χ0) is 14.3. The molecule has 6 heteroatoms. The van der Waals surface area contributed by atoms with Gasteiger partial charge in [-0.25, -0.2) is 9.18 Å². The number of benzene rings is 2. The smallest absolute Gasteiger partial charge is 0.408 e. The Kier molecular flexibility index (Phi) is 3.40. The Hall–Kier alpha value is -1.59. The van der Waals surface area contributed by atoms with Gasteiger partial charge in [-0.15, -0.1) is 11.6 Å². The van der Waals surface area contributed by atoms with Gasteiger partial charge in [0.25, 0.3) is 0 Å². The van der Waals surface area contributed by atoms with E-state index in [1.54, 1.807) is 36.4 Å². The number of aromatic amines is 1. The number of rotatable bonds is 2. The molecule has 0 amide bonds. The molecule has 0 aliphatic carbocycles. The van der Waals surface area contributed by atoms with Gasteiger partial charge in [-0.05, 0) is 39.7 Å².